The molecule has 1 rings (SSSR count). The number of rotatable bonds is 4. The number of ether oxygens (including phenoxy) is 1. The first-order valence-electron chi connectivity index (χ1n) is 5.27. The molecule has 0 bridgehead atoms. The zero-order valence-electron chi connectivity index (χ0n) is 9.45. The first-order chi connectivity index (χ1) is 6.63. The van der Waals surface area contributed by atoms with Gasteiger partial charge < -0.3 is 4.74 Å². The predicted octanol–water partition coefficient (Wildman–Crippen LogP) is 3.38. The van der Waals surface area contributed by atoms with E-state index in [1.165, 1.54) is 0 Å². The topological polar surface area (TPSA) is 22.1 Å². The van der Waals surface area contributed by atoms with Crippen molar-refractivity contribution in [3.63, 3.8) is 0 Å². The van der Waals surface area contributed by atoms with Crippen LogP contribution in [0.25, 0.3) is 0 Å². The maximum atomic E-state index is 5.54. The summed E-state index contributed by atoms with van der Waals surface area (Å²) in [5.41, 5.74) is 1.12. The zero-order valence-corrected chi connectivity index (χ0v) is 9.45. The molecule has 1 aromatic rings. The molecule has 0 saturated heterocycles. The van der Waals surface area contributed by atoms with Gasteiger partial charge in [-0.2, -0.15) is 0 Å². The maximum absolute atomic E-state index is 5.54. The van der Waals surface area contributed by atoms with Gasteiger partial charge in [0.25, 0.3) is 0 Å². The smallest absolute Gasteiger partial charge is 0.213 e. The van der Waals surface area contributed by atoms with Gasteiger partial charge in [0.15, 0.2) is 0 Å². The van der Waals surface area contributed by atoms with E-state index in [0.29, 0.717) is 5.92 Å². The first kappa shape index (κ1) is 11.0. The molecule has 1 heterocycles. The molecule has 0 N–H and O–H groups in total. The minimum Gasteiger partial charge on any atom is -0.475 e. The number of hydrogen-bond acceptors (Lipinski definition) is 2. The van der Waals surface area contributed by atoms with E-state index in [1.807, 2.05) is 26.0 Å². The second kappa shape index (κ2) is 4.99. The maximum Gasteiger partial charge on any atom is 0.213 e. The normalized spacial score (nSPS) is 12.9. The van der Waals surface area contributed by atoms with Crippen molar-refractivity contribution in [2.45, 2.75) is 46.1 Å². The number of nitrogens with zero attached hydrogens (tertiary/aromatic N) is 1. The fourth-order valence-corrected chi connectivity index (χ4v) is 1.22. The van der Waals surface area contributed by atoms with Crippen LogP contribution in [0.3, 0.4) is 0 Å². The first-order valence-corrected chi connectivity index (χ1v) is 5.27. The van der Waals surface area contributed by atoms with Crippen LogP contribution in [0.15, 0.2) is 18.2 Å². The molecule has 0 saturated carbocycles. The lowest BCUT2D eigenvalue weighted by Gasteiger charge is -2.12. The summed E-state index contributed by atoms with van der Waals surface area (Å²) in [4.78, 5) is 4.46. The van der Waals surface area contributed by atoms with Crippen LogP contribution in [0.1, 0.15) is 45.7 Å². The monoisotopic (exact) mass is 193 g/mol. The highest BCUT2D eigenvalue weighted by atomic mass is 16.5. The summed E-state index contributed by atoms with van der Waals surface area (Å²) in [6.45, 7) is 8.37. The van der Waals surface area contributed by atoms with Gasteiger partial charge in [-0.05, 0) is 32.3 Å². The minimum absolute atomic E-state index is 0.190. The second-order valence-electron chi connectivity index (χ2n) is 3.88. The summed E-state index contributed by atoms with van der Waals surface area (Å²) in [5.74, 6) is 1.24. The van der Waals surface area contributed by atoms with Crippen molar-refractivity contribution in [3.8, 4) is 5.88 Å². The molecule has 0 aliphatic carbocycles. The highest BCUT2D eigenvalue weighted by Gasteiger charge is 2.06. The van der Waals surface area contributed by atoms with Gasteiger partial charge in [-0.3, -0.25) is 0 Å². The van der Waals surface area contributed by atoms with Gasteiger partial charge in [0.2, 0.25) is 5.88 Å². The van der Waals surface area contributed by atoms with Crippen molar-refractivity contribution < 1.29 is 4.74 Å². The minimum atomic E-state index is 0.190. The van der Waals surface area contributed by atoms with Crippen LogP contribution in [0.4, 0.5) is 0 Å². The highest BCUT2D eigenvalue weighted by molar-refractivity contribution is 5.18. The lowest BCUT2D eigenvalue weighted by atomic mass is 10.0. The van der Waals surface area contributed by atoms with Gasteiger partial charge in [-0.1, -0.05) is 19.9 Å². The van der Waals surface area contributed by atoms with E-state index in [-0.39, 0.29) is 6.10 Å². The standard InChI is InChI=1S/C12H19NO/c1-5-10(4)11-7-6-8-12(13-11)14-9(2)3/h6-10H,5H2,1-4H3. The Morgan fingerprint density at radius 1 is 1.29 bits per heavy atom. The van der Waals surface area contributed by atoms with Crippen molar-refractivity contribution in [2.75, 3.05) is 0 Å². The SMILES string of the molecule is CCC(C)c1cccc(OC(C)C)n1. The van der Waals surface area contributed by atoms with Crippen LogP contribution >= 0.6 is 0 Å². The Balaban J connectivity index is 2.78. The second-order valence-corrected chi connectivity index (χ2v) is 3.88. The Bertz CT molecular complexity index is 283. The van der Waals surface area contributed by atoms with Crippen molar-refractivity contribution >= 4 is 0 Å². The third-order valence-corrected chi connectivity index (χ3v) is 2.22. The number of aromatic nitrogens is 1. The third kappa shape index (κ3) is 3.02. The lowest BCUT2D eigenvalue weighted by Crippen LogP contribution is -2.08. The molecule has 1 unspecified atom stereocenters. The van der Waals surface area contributed by atoms with Crippen LogP contribution in [0, 0.1) is 0 Å². The molecule has 2 heteroatoms. The lowest BCUT2D eigenvalue weighted by molar-refractivity contribution is 0.231. The van der Waals surface area contributed by atoms with Crippen LogP contribution in [-0.4, -0.2) is 11.1 Å². The Hall–Kier alpha value is -1.05. The van der Waals surface area contributed by atoms with Crippen LogP contribution in [-0.2, 0) is 0 Å². The van der Waals surface area contributed by atoms with Crippen LogP contribution in [0.5, 0.6) is 5.88 Å². The zero-order chi connectivity index (χ0) is 10.6. The summed E-state index contributed by atoms with van der Waals surface area (Å²) >= 11 is 0. The molecule has 0 fully saturated rings. The largest absolute Gasteiger partial charge is 0.475 e. The van der Waals surface area contributed by atoms with E-state index >= 15 is 0 Å². The molecule has 14 heavy (non-hydrogen) atoms. The summed E-state index contributed by atoms with van der Waals surface area (Å²) in [6, 6.07) is 5.97. The average Bonchev–Trinajstić information content (AvgIpc) is 2.16. The molecule has 2 nitrogen and oxygen atoms in total. The number of pyridine rings is 1. The molecule has 0 aliphatic heterocycles. The van der Waals surface area contributed by atoms with Crippen LogP contribution < -0.4 is 4.74 Å². The van der Waals surface area contributed by atoms with Gasteiger partial charge in [-0.25, -0.2) is 4.98 Å². The fourth-order valence-electron chi connectivity index (χ4n) is 1.22. The van der Waals surface area contributed by atoms with Gasteiger partial charge in [0, 0.05) is 11.8 Å². The third-order valence-electron chi connectivity index (χ3n) is 2.22. The van der Waals surface area contributed by atoms with E-state index in [1.54, 1.807) is 0 Å². The summed E-state index contributed by atoms with van der Waals surface area (Å²) < 4.78 is 5.54. The predicted molar refractivity (Wildman–Crippen MR) is 58.7 cm³/mol. The molecular weight excluding hydrogens is 174 g/mol. The molecule has 0 aromatic carbocycles. The fraction of sp³-hybridized carbons (Fsp3) is 0.583. The Labute approximate surface area is 86.3 Å². The van der Waals surface area contributed by atoms with Crippen molar-refractivity contribution in [2.24, 2.45) is 0 Å². The summed E-state index contributed by atoms with van der Waals surface area (Å²) in [7, 11) is 0. The Kier molecular flexibility index (Phi) is 3.93. The van der Waals surface area contributed by atoms with E-state index < -0.39 is 0 Å². The van der Waals surface area contributed by atoms with Gasteiger partial charge in [-0.15, -0.1) is 0 Å². The Morgan fingerprint density at radius 3 is 2.57 bits per heavy atom. The molecule has 78 valence electrons. The van der Waals surface area contributed by atoms with Crippen molar-refractivity contribution in [1.29, 1.82) is 0 Å². The van der Waals surface area contributed by atoms with Crippen LogP contribution in [0.2, 0.25) is 0 Å². The molecular formula is C12H19NO. The van der Waals surface area contributed by atoms with E-state index in [2.05, 4.69) is 24.9 Å². The summed E-state index contributed by atoms with van der Waals surface area (Å²) in [5, 5.41) is 0. The highest BCUT2D eigenvalue weighted by Crippen LogP contribution is 2.19. The molecule has 0 amide bonds. The molecule has 0 spiro atoms. The van der Waals surface area contributed by atoms with Gasteiger partial charge >= 0.3 is 0 Å². The molecule has 0 radical (unpaired) electrons. The van der Waals surface area contributed by atoms with E-state index in [9.17, 15) is 0 Å². The number of hydrogen-bond donors (Lipinski definition) is 0. The molecule has 1 atom stereocenters. The molecule has 0 aliphatic rings. The molecule has 1 aromatic heterocycles. The van der Waals surface area contributed by atoms with Crippen molar-refractivity contribution in [1.82, 2.24) is 4.98 Å². The van der Waals surface area contributed by atoms with Crippen molar-refractivity contribution in [3.05, 3.63) is 23.9 Å². The Morgan fingerprint density at radius 2 is 2.00 bits per heavy atom. The van der Waals surface area contributed by atoms with Gasteiger partial charge in [0.05, 0.1) is 6.10 Å². The van der Waals surface area contributed by atoms with E-state index in [0.717, 1.165) is 18.0 Å². The van der Waals surface area contributed by atoms with E-state index in [4.69, 9.17) is 4.74 Å². The average molecular weight is 193 g/mol. The summed E-state index contributed by atoms with van der Waals surface area (Å²) in [6.07, 6.45) is 1.30. The quantitative estimate of drug-likeness (QED) is 0.731. The van der Waals surface area contributed by atoms with Gasteiger partial charge in [0.1, 0.15) is 0 Å².